The Labute approximate surface area is 123 Å². The van der Waals surface area contributed by atoms with Gasteiger partial charge in [0.15, 0.2) is 0 Å². The third kappa shape index (κ3) is 1.89. The van der Waals surface area contributed by atoms with Crippen LogP contribution < -0.4 is 0 Å². The Bertz CT molecular complexity index is 861. The fourth-order valence-corrected chi connectivity index (χ4v) is 2.62. The highest BCUT2D eigenvalue weighted by Crippen LogP contribution is 2.31. The molecular formula is C15H9BrFN3. The highest BCUT2D eigenvalue weighted by Gasteiger charge is 2.14. The number of hydrogen-bond donors (Lipinski definition) is 0. The van der Waals surface area contributed by atoms with Gasteiger partial charge in [0.25, 0.3) is 0 Å². The maximum absolute atomic E-state index is 13.6. The van der Waals surface area contributed by atoms with Gasteiger partial charge in [0, 0.05) is 12.6 Å². The normalized spacial score (nSPS) is 10.7. The fraction of sp³-hybridized carbons (Fsp3) is 0.0667. The van der Waals surface area contributed by atoms with E-state index in [-0.39, 0.29) is 5.82 Å². The number of nitriles is 1. The van der Waals surface area contributed by atoms with E-state index in [0.717, 1.165) is 11.0 Å². The molecule has 0 aliphatic heterocycles. The molecule has 98 valence electrons. The summed E-state index contributed by atoms with van der Waals surface area (Å²) in [6.45, 7) is 0. The zero-order valence-electron chi connectivity index (χ0n) is 10.6. The number of aromatic nitrogens is 2. The lowest BCUT2D eigenvalue weighted by Crippen LogP contribution is -1.94. The summed E-state index contributed by atoms with van der Waals surface area (Å²) >= 11 is 3.26. The molecule has 0 unspecified atom stereocenters. The van der Waals surface area contributed by atoms with Gasteiger partial charge in [0.2, 0.25) is 0 Å². The van der Waals surface area contributed by atoms with Gasteiger partial charge in [-0.25, -0.2) is 9.37 Å². The molecule has 0 fully saturated rings. The molecule has 0 atom stereocenters. The summed E-state index contributed by atoms with van der Waals surface area (Å²) in [5.41, 5.74) is 2.88. The maximum Gasteiger partial charge on any atom is 0.142 e. The molecular weight excluding hydrogens is 321 g/mol. The van der Waals surface area contributed by atoms with E-state index in [1.165, 1.54) is 6.07 Å². The van der Waals surface area contributed by atoms with E-state index in [1.807, 2.05) is 11.6 Å². The van der Waals surface area contributed by atoms with Crippen LogP contribution in [0.1, 0.15) is 5.56 Å². The lowest BCUT2D eigenvalue weighted by molar-refractivity contribution is 0.621. The first-order valence-electron chi connectivity index (χ1n) is 5.93. The van der Waals surface area contributed by atoms with Crippen molar-refractivity contribution < 1.29 is 4.39 Å². The summed E-state index contributed by atoms with van der Waals surface area (Å²) in [5.74, 6) is 0.328. The molecule has 1 heterocycles. The van der Waals surface area contributed by atoms with Crippen LogP contribution in [-0.2, 0) is 7.05 Å². The van der Waals surface area contributed by atoms with Crippen molar-refractivity contribution >= 4 is 27.0 Å². The lowest BCUT2D eigenvalue weighted by atomic mass is 10.2. The van der Waals surface area contributed by atoms with Crippen molar-refractivity contribution in [3.05, 3.63) is 52.3 Å². The van der Waals surface area contributed by atoms with Gasteiger partial charge < -0.3 is 4.57 Å². The Morgan fingerprint density at radius 2 is 2.10 bits per heavy atom. The van der Waals surface area contributed by atoms with Crippen LogP contribution in [0.5, 0.6) is 0 Å². The second kappa shape index (κ2) is 4.73. The van der Waals surface area contributed by atoms with Gasteiger partial charge in [-0.2, -0.15) is 5.26 Å². The molecule has 0 aliphatic rings. The van der Waals surface area contributed by atoms with Crippen molar-refractivity contribution in [2.24, 2.45) is 7.05 Å². The summed E-state index contributed by atoms with van der Waals surface area (Å²) < 4.78 is 15.9. The van der Waals surface area contributed by atoms with Gasteiger partial charge in [0.05, 0.1) is 27.1 Å². The number of fused-ring (bicyclic) bond motifs is 1. The number of aryl methyl sites for hydroxylation is 1. The predicted molar refractivity (Wildman–Crippen MR) is 78.5 cm³/mol. The summed E-state index contributed by atoms with van der Waals surface area (Å²) in [4.78, 5) is 4.52. The Balaban J connectivity index is 2.30. The summed E-state index contributed by atoms with van der Waals surface area (Å²) in [6, 6.07) is 12.2. The number of benzene rings is 2. The molecule has 3 aromatic rings. The van der Waals surface area contributed by atoms with Gasteiger partial charge >= 0.3 is 0 Å². The van der Waals surface area contributed by atoms with Crippen LogP contribution in [0.3, 0.4) is 0 Å². The number of hydrogen-bond acceptors (Lipinski definition) is 2. The quantitative estimate of drug-likeness (QED) is 0.676. The summed E-state index contributed by atoms with van der Waals surface area (Å²) in [5, 5.41) is 8.96. The van der Waals surface area contributed by atoms with Crippen LogP contribution in [0.2, 0.25) is 0 Å². The van der Waals surface area contributed by atoms with Crippen molar-refractivity contribution in [1.29, 1.82) is 5.26 Å². The SMILES string of the molecule is Cn1c(-c2cccc(F)c2Br)nc2ccc(C#N)cc21. The van der Waals surface area contributed by atoms with E-state index >= 15 is 0 Å². The molecule has 0 bridgehead atoms. The van der Waals surface area contributed by atoms with Crippen LogP contribution in [-0.4, -0.2) is 9.55 Å². The second-order valence-electron chi connectivity index (χ2n) is 4.41. The number of imidazole rings is 1. The van der Waals surface area contributed by atoms with Crippen LogP contribution in [0, 0.1) is 17.1 Å². The molecule has 0 amide bonds. The number of nitrogens with zero attached hydrogens (tertiary/aromatic N) is 3. The minimum absolute atomic E-state index is 0.327. The molecule has 2 aromatic carbocycles. The third-order valence-electron chi connectivity index (χ3n) is 3.20. The first-order chi connectivity index (χ1) is 9.61. The van der Waals surface area contributed by atoms with Gasteiger partial charge in [0.1, 0.15) is 11.6 Å². The maximum atomic E-state index is 13.6. The monoisotopic (exact) mass is 329 g/mol. The molecule has 1 aromatic heterocycles. The van der Waals surface area contributed by atoms with Gasteiger partial charge in [-0.3, -0.25) is 0 Å². The van der Waals surface area contributed by atoms with Crippen LogP contribution in [0.15, 0.2) is 40.9 Å². The first kappa shape index (κ1) is 12.8. The Kier molecular flexibility index (Phi) is 3.03. The number of halogens is 2. The van der Waals surface area contributed by atoms with Crippen LogP contribution in [0.25, 0.3) is 22.4 Å². The van der Waals surface area contributed by atoms with E-state index in [0.29, 0.717) is 21.4 Å². The summed E-state index contributed by atoms with van der Waals surface area (Å²) in [7, 11) is 1.85. The molecule has 20 heavy (non-hydrogen) atoms. The molecule has 0 radical (unpaired) electrons. The van der Waals surface area contributed by atoms with E-state index in [4.69, 9.17) is 5.26 Å². The lowest BCUT2D eigenvalue weighted by Gasteiger charge is -2.05. The zero-order valence-corrected chi connectivity index (χ0v) is 12.1. The van der Waals surface area contributed by atoms with Crippen LogP contribution >= 0.6 is 15.9 Å². The largest absolute Gasteiger partial charge is 0.327 e. The van der Waals surface area contributed by atoms with Crippen LogP contribution in [0.4, 0.5) is 4.39 Å². The van der Waals surface area contributed by atoms with Gasteiger partial charge in [-0.1, -0.05) is 6.07 Å². The van der Waals surface area contributed by atoms with Crippen molar-refractivity contribution in [3.8, 4) is 17.5 Å². The molecule has 3 rings (SSSR count). The van der Waals surface area contributed by atoms with Crippen molar-refractivity contribution in [2.75, 3.05) is 0 Å². The topological polar surface area (TPSA) is 41.6 Å². The Morgan fingerprint density at radius 1 is 1.30 bits per heavy atom. The van der Waals surface area contributed by atoms with E-state index in [2.05, 4.69) is 27.0 Å². The van der Waals surface area contributed by atoms with Crippen molar-refractivity contribution in [3.63, 3.8) is 0 Å². The highest BCUT2D eigenvalue weighted by molar-refractivity contribution is 9.10. The molecule has 0 saturated carbocycles. The predicted octanol–water partition coefficient (Wildman–Crippen LogP) is 4.01. The standard InChI is InChI=1S/C15H9BrFN3/c1-20-13-7-9(8-18)5-6-12(13)19-15(20)10-3-2-4-11(17)14(10)16/h2-7H,1H3. The van der Waals surface area contributed by atoms with Crippen molar-refractivity contribution in [2.45, 2.75) is 0 Å². The Hall–Kier alpha value is -2.19. The molecule has 5 heteroatoms. The average Bonchev–Trinajstić information content (AvgIpc) is 2.78. The molecule has 0 N–H and O–H groups in total. The van der Waals surface area contributed by atoms with Gasteiger partial charge in [-0.05, 0) is 46.3 Å². The highest BCUT2D eigenvalue weighted by atomic mass is 79.9. The zero-order chi connectivity index (χ0) is 14.3. The fourth-order valence-electron chi connectivity index (χ4n) is 2.18. The van der Waals surface area contributed by atoms with E-state index in [9.17, 15) is 4.39 Å². The number of rotatable bonds is 1. The summed E-state index contributed by atoms with van der Waals surface area (Å²) in [6.07, 6.45) is 0. The second-order valence-corrected chi connectivity index (χ2v) is 5.20. The smallest absolute Gasteiger partial charge is 0.142 e. The molecule has 0 saturated heterocycles. The van der Waals surface area contributed by atoms with E-state index in [1.54, 1.807) is 30.3 Å². The molecule has 0 aliphatic carbocycles. The average molecular weight is 330 g/mol. The van der Waals surface area contributed by atoms with Crippen molar-refractivity contribution in [1.82, 2.24) is 9.55 Å². The first-order valence-corrected chi connectivity index (χ1v) is 6.72. The minimum Gasteiger partial charge on any atom is -0.327 e. The molecule has 0 spiro atoms. The van der Waals surface area contributed by atoms with E-state index < -0.39 is 0 Å². The van der Waals surface area contributed by atoms with Gasteiger partial charge in [-0.15, -0.1) is 0 Å². The Morgan fingerprint density at radius 3 is 2.85 bits per heavy atom. The minimum atomic E-state index is -0.327. The third-order valence-corrected chi connectivity index (χ3v) is 4.01. The molecule has 3 nitrogen and oxygen atoms in total.